The highest BCUT2D eigenvalue weighted by Gasteiger charge is 2.22. The molecule has 1 aromatic carbocycles. The van der Waals surface area contributed by atoms with E-state index in [0.29, 0.717) is 20.9 Å². The number of methoxy groups -OCH3 is 1. The fraction of sp³-hybridized carbons (Fsp3) is 0.333. The molecule has 0 radical (unpaired) electrons. The second-order valence-electron chi connectivity index (χ2n) is 6.05. The lowest BCUT2D eigenvalue weighted by molar-refractivity contribution is 0.0990. The molecule has 0 N–H and O–H groups in total. The van der Waals surface area contributed by atoms with Crippen LogP contribution in [0.2, 0.25) is 4.34 Å². The first-order valence-electron chi connectivity index (χ1n) is 8.14. The molecule has 8 heteroatoms. The summed E-state index contributed by atoms with van der Waals surface area (Å²) in [5.41, 5.74) is 0.832. The summed E-state index contributed by atoms with van der Waals surface area (Å²) >= 11 is 8.81. The summed E-state index contributed by atoms with van der Waals surface area (Å²) in [6, 6.07) is 9.28. The van der Waals surface area contributed by atoms with E-state index in [9.17, 15) is 4.79 Å². The molecule has 138 valence electrons. The Balaban J connectivity index is 1.92. The van der Waals surface area contributed by atoms with Crippen molar-refractivity contribution in [3.05, 3.63) is 39.5 Å². The Morgan fingerprint density at radius 3 is 2.65 bits per heavy atom. The fourth-order valence-electron chi connectivity index (χ4n) is 2.53. The van der Waals surface area contributed by atoms with Gasteiger partial charge in [-0.3, -0.25) is 9.69 Å². The summed E-state index contributed by atoms with van der Waals surface area (Å²) in [5, 5.41) is 0.696. The monoisotopic (exact) mass is 409 g/mol. The highest BCUT2D eigenvalue weighted by molar-refractivity contribution is 7.22. The van der Waals surface area contributed by atoms with Gasteiger partial charge >= 0.3 is 0 Å². The Labute approximate surface area is 165 Å². The van der Waals surface area contributed by atoms with Crippen LogP contribution < -0.4 is 9.64 Å². The standard InChI is InChI=1S/C18H20ClN3O2S2/c1-21(2)9-4-10-22(17(23)15-7-8-16(19)25-15)18-20-13-11-12(24-3)5-6-14(13)26-18/h5-8,11H,4,9-10H2,1-3H3. The van der Waals surface area contributed by atoms with Crippen LogP contribution in [-0.4, -0.2) is 50.1 Å². The van der Waals surface area contributed by atoms with Gasteiger partial charge in [-0.05, 0) is 51.3 Å². The van der Waals surface area contributed by atoms with Gasteiger partial charge in [0.05, 0.1) is 26.5 Å². The fourth-order valence-corrected chi connectivity index (χ4v) is 4.49. The van der Waals surface area contributed by atoms with Crippen molar-refractivity contribution in [1.29, 1.82) is 0 Å². The summed E-state index contributed by atoms with van der Waals surface area (Å²) in [5.74, 6) is 0.691. The van der Waals surface area contributed by atoms with Gasteiger partial charge in [-0.25, -0.2) is 4.98 Å². The predicted molar refractivity (Wildman–Crippen MR) is 110 cm³/mol. The van der Waals surface area contributed by atoms with Crippen molar-refractivity contribution < 1.29 is 9.53 Å². The SMILES string of the molecule is COc1ccc2sc(N(CCCN(C)C)C(=O)c3ccc(Cl)s3)nc2c1. The molecule has 0 aliphatic carbocycles. The number of thiophene rings is 1. The molecule has 0 aliphatic heterocycles. The number of hydrogen-bond donors (Lipinski definition) is 0. The van der Waals surface area contributed by atoms with Crippen LogP contribution in [-0.2, 0) is 0 Å². The minimum atomic E-state index is -0.0633. The van der Waals surface area contributed by atoms with Crippen LogP contribution in [0.4, 0.5) is 5.13 Å². The van der Waals surface area contributed by atoms with Gasteiger partial charge in [0, 0.05) is 12.6 Å². The average molecular weight is 410 g/mol. The van der Waals surface area contributed by atoms with Crippen LogP contribution in [0.25, 0.3) is 10.2 Å². The first-order chi connectivity index (χ1) is 12.5. The maximum atomic E-state index is 13.0. The maximum absolute atomic E-state index is 13.0. The van der Waals surface area contributed by atoms with E-state index in [0.717, 1.165) is 28.9 Å². The zero-order chi connectivity index (χ0) is 18.7. The Kier molecular flexibility index (Phi) is 6.13. The van der Waals surface area contributed by atoms with Crippen molar-refractivity contribution in [3.63, 3.8) is 0 Å². The number of carbonyl (C=O) groups excluding carboxylic acids is 1. The first kappa shape index (κ1) is 19.1. The molecule has 0 bridgehead atoms. The van der Waals surface area contributed by atoms with E-state index in [4.69, 9.17) is 16.3 Å². The number of anilines is 1. The van der Waals surface area contributed by atoms with E-state index in [1.165, 1.54) is 22.7 Å². The van der Waals surface area contributed by atoms with Crippen molar-refractivity contribution >= 4 is 55.5 Å². The summed E-state index contributed by atoms with van der Waals surface area (Å²) in [7, 11) is 5.68. The van der Waals surface area contributed by atoms with Gasteiger partial charge in [-0.15, -0.1) is 11.3 Å². The van der Waals surface area contributed by atoms with Gasteiger partial charge in [0.15, 0.2) is 5.13 Å². The summed E-state index contributed by atoms with van der Waals surface area (Å²) in [6.07, 6.45) is 0.858. The molecule has 0 saturated carbocycles. The molecule has 0 atom stereocenters. The van der Waals surface area contributed by atoms with Gasteiger partial charge < -0.3 is 9.64 Å². The number of halogens is 1. The minimum absolute atomic E-state index is 0.0633. The molecule has 0 saturated heterocycles. The average Bonchev–Trinajstić information content (AvgIpc) is 3.23. The zero-order valence-electron chi connectivity index (χ0n) is 14.9. The molecule has 5 nitrogen and oxygen atoms in total. The lowest BCUT2D eigenvalue weighted by atomic mass is 10.3. The summed E-state index contributed by atoms with van der Waals surface area (Å²) < 4.78 is 6.90. The van der Waals surface area contributed by atoms with E-state index < -0.39 is 0 Å². The number of benzene rings is 1. The van der Waals surface area contributed by atoms with E-state index in [-0.39, 0.29) is 5.91 Å². The van der Waals surface area contributed by atoms with Crippen LogP contribution in [0.5, 0.6) is 5.75 Å². The number of ether oxygens (including phenoxy) is 1. The quantitative estimate of drug-likeness (QED) is 0.571. The molecule has 0 unspecified atom stereocenters. The molecule has 26 heavy (non-hydrogen) atoms. The number of fused-ring (bicyclic) bond motifs is 1. The number of hydrogen-bond acceptors (Lipinski definition) is 6. The minimum Gasteiger partial charge on any atom is -0.497 e. The molecule has 2 heterocycles. The van der Waals surface area contributed by atoms with E-state index >= 15 is 0 Å². The van der Waals surface area contributed by atoms with Crippen LogP contribution >= 0.6 is 34.3 Å². The lowest BCUT2D eigenvalue weighted by Crippen LogP contribution is -2.32. The van der Waals surface area contributed by atoms with Crippen molar-refractivity contribution in [1.82, 2.24) is 9.88 Å². The maximum Gasteiger partial charge on any atom is 0.270 e. The number of aromatic nitrogens is 1. The predicted octanol–water partition coefficient (Wildman–Crippen LogP) is 4.62. The second kappa shape index (κ2) is 8.35. The van der Waals surface area contributed by atoms with Gasteiger partial charge in [-0.2, -0.15) is 0 Å². The molecule has 3 rings (SSSR count). The molecule has 3 aromatic rings. The van der Waals surface area contributed by atoms with Crippen LogP contribution in [0.15, 0.2) is 30.3 Å². The number of amides is 1. The first-order valence-corrected chi connectivity index (χ1v) is 10.2. The Hall–Kier alpha value is -1.67. The molecular weight excluding hydrogens is 390 g/mol. The van der Waals surface area contributed by atoms with E-state index in [1.807, 2.05) is 32.3 Å². The molecule has 2 aromatic heterocycles. The van der Waals surface area contributed by atoms with Crippen LogP contribution in [0.3, 0.4) is 0 Å². The Morgan fingerprint density at radius 1 is 1.19 bits per heavy atom. The number of carbonyl (C=O) groups is 1. The third-order valence-electron chi connectivity index (χ3n) is 3.83. The lowest BCUT2D eigenvalue weighted by Gasteiger charge is -2.20. The number of rotatable bonds is 7. The third-order valence-corrected chi connectivity index (χ3v) is 6.11. The molecule has 0 fully saturated rings. The third kappa shape index (κ3) is 4.35. The molecular formula is C18H20ClN3O2S2. The summed E-state index contributed by atoms with van der Waals surface area (Å²) in [6.45, 7) is 1.50. The summed E-state index contributed by atoms with van der Waals surface area (Å²) in [4.78, 5) is 22.2. The van der Waals surface area contributed by atoms with Crippen molar-refractivity contribution in [3.8, 4) is 5.75 Å². The highest BCUT2D eigenvalue weighted by Crippen LogP contribution is 2.33. The van der Waals surface area contributed by atoms with Gasteiger partial charge in [0.25, 0.3) is 5.91 Å². The number of nitrogens with zero attached hydrogens (tertiary/aromatic N) is 3. The van der Waals surface area contributed by atoms with Gasteiger partial charge in [0.2, 0.25) is 0 Å². The van der Waals surface area contributed by atoms with E-state index in [2.05, 4.69) is 9.88 Å². The normalized spacial score (nSPS) is 11.3. The van der Waals surface area contributed by atoms with Crippen molar-refractivity contribution in [2.45, 2.75) is 6.42 Å². The molecule has 0 aliphatic rings. The van der Waals surface area contributed by atoms with Crippen LogP contribution in [0, 0.1) is 0 Å². The largest absolute Gasteiger partial charge is 0.497 e. The van der Waals surface area contributed by atoms with Crippen molar-refractivity contribution in [2.24, 2.45) is 0 Å². The van der Waals surface area contributed by atoms with Gasteiger partial charge in [0.1, 0.15) is 5.75 Å². The highest BCUT2D eigenvalue weighted by atomic mass is 35.5. The topological polar surface area (TPSA) is 45.7 Å². The molecule has 0 spiro atoms. The van der Waals surface area contributed by atoms with Crippen LogP contribution in [0.1, 0.15) is 16.1 Å². The molecule has 1 amide bonds. The van der Waals surface area contributed by atoms with E-state index in [1.54, 1.807) is 24.1 Å². The Bertz CT molecular complexity index is 907. The zero-order valence-corrected chi connectivity index (χ0v) is 17.2. The van der Waals surface area contributed by atoms with Gasteiger partial charge in [-0.1, -0.05) is 22.9 Å². The van der Waals surface area contributed by atoms with Crippen molar-refractivity contribution in [2.75, 3.05) is 39.2 Å². The smallest absolute Gasteiger partial charge is 0.270 e. The Morgan fingerprint density at radius 2 is 2.00 bits per heavy atom. The second-order valence-corrected chi connectivity index (χ2v) is 8.77. The number of thiazole rings is 1.